The highest BCUT2D eigenvalue weighted by Gasteiger charge is 2.19. The van der Waals surface area contributed by atoms with E-state index in [1.807, 2.05) is 11.6 Å². The van der Waals surface area contributed by atoms with Crippen LogP contribution in [-0.4, -0.2) is 29.0 Å². The van der Waals surface area contributed by atoms with Gasteiger partial charge in [-0.15, -0.1) is 0 Å². The van der Waals surface area contributed by atoms with Gasteiger partial charge in [-0.25, -0.2) is 14.2 Å². The first-order valence-corrected chi connectivity index (χ1v) is 7.39. The fourth-order valence-corrected chi connectivity index (χ4v) is 2.60. The van der Waals surface area contributed by atoms with Gasteiger partial charge in [-0.2, -0.15) is 8.42 Å². The van der Waals surface area contributed by atoms with Crippen molar-refractivity contribution in [3.8, 4) is 0 Å². The second kappa shape index (κ2) is 5.52. The van der Waals surface area contributed by atoms with E-state index in [1.54, 1.807) is 4.57 Å². The summed E-state index contributed by atoms with van der Waals surface area (Å²) >= 11 is 0. The van der Waals surface area contributed by atoms with Crippen LogP contribution in [0.3, 0.4) is 0 Å². The fraction of sp³-hybridized carbons (Fsp3) is 0.167. The Morgan fingerprint density at radius 2 is 2.19 bits per heavy atom. The SMILES string of the molecule is CCn1cnc(S(=O)(=O)Nc2ccc(C(=O)O)cc2F)c1. The van der Waals surface area contributed by atoms with Crippen molar-refractivity contribution in [2.24, 2.45) is 0 Å². The number of nitrogens with zero attached hydrogens (tertiary/aromatic N) is 2. The highest BCUT2D eigenvalue weighted by molar-refractivity contribution is 7.92. The molecule has 1 aromatic heterocycles. The van der Waals surface area contributed by atoms with Gasteiger partial charge in [-0.3, -0.25) is 4.72 Å². The molecule has 0 bridgehead atoms. The second-order valence-electron chi connectivity index (χ2n) is 4.15. The number of imidazole rings is 1. The van der Waals surface area contributed by atoms with Gasteiger partial charge < -0.3 is 9.67 Å². The Bertz CT molecular complexity index is 786. The molecule has 1 heterocycles. The highest BCUT2D eigenvalue weighted by Crippen LogP contribution is 2.19. The maximum absolute atomic E-state index is 13.7. The molecule has 112 valence electrons. The molecular formula is C12H12FN3O4S. The number of benzene rings is 1. The third-order valence-corrected chi connectivity index (χ3v) is 3.96. The molecule has 2 rings (SSSR count). The summed E-state index contributed by atoms with van der Waals surface area (Å²) in [7, 11) is -4.03. The zero-order chi connectivity index (χ0) is 15.6. The smallest absolute Gasteiger partial charge is 0.335 e. The van der Waals surface area contributed by atoms with E-state index in [4.69, 9.17) is 5.11 Å². The van der Waals surface area contributed by atoms with Crippen LogP contribution >= 0.6 is 0 Å². The minimum Gasteiger partial charge on any atom is -0.478 e. The van der Waals surface area contributed by atoms with Crippen LogP contribution in [0.2, 0.25) is 0 Å². The molecular weight excluding hydrogens is 301 g/mol. The van der Waals surface area contributed by atoms with E-state index in [-0.39, 0.29) is 16.3 Å². The number of hydrogen-bond acceptors (Lipinski definition) is 4. The molecule has 2 N–H and O–H groups in total. The van der Waals surface area contributed by atoms with E-state index < -0.39 is 21.8 Å². The predicted octanol–water partition coefficient (Wildman–Crippen LogP) is 1.54. The number of aromatic carboxylic acids is 1. The number of anilines is 1. The first-order valence-electron chi connectivity index (χ1n) is 5.91. The van der Waals surface area contributed by atoms with Gasteiger partial charge in [0.2, 0.25) is 0 Å². The number of hydrogen-bond donors (Lipinski definition) is 2. The lowest BCUT2D eigenvalue weighted by atomic mass is 10.2. The zero-order valence-electron chi connectivity index (χ0n) is 10.9. The summed E-state index contributed by atoms with van der Waals surface area (Å²) in [5, 5.41) is 8.48. The van der Waals surface area contributed by atoms with Gasteiger partial charge in [0, 0.05) is 12.7 Å². The molecule has 2 aromatic rings. The molecule has 21 heavy (non-hydrogen) atoms. The van der Waals surface area contributed by atoms with Crippen LogP contribution in [0.4, 0.5) is 10.1 Å². The second-order valence-corrected chi connectivity index (χ2v) is 5.78. The van der Waals surface area contributed by atoms with Crippen LogP contribution in [-0.2, 0) is 16.6 Å². The first-order chi connectivity index (χ1) is 9.83. The van der Waals surface area contributed by atoms with Crippen molar-refractivity contribution < 1.29 is 22.7 Å². The largest absolute Gasteiger partial charge is 0.478 e. The van der Waals surface area contributed by atoms with Crippen LogP contribution in [0.5, 0.6) is 0 Å². The summed E-state index contributed by atoms with van der Waals surface area (Å²) in [6, 6.07) is 2.89. The Labute approximate surface area is 120 Å². The van der Waals surface area contributed by atoms with Gasteiger partial charge in [-0.05, 0) is 25.1 Å². The molecule has 1 aromatic carbocycles. The van der Waals surface area contributed by atoms with Crippen molar-refractivity contribution in [1.82, 2.24) is 9.55 Å². The highest BCUT2D eigenvalue weighted by atomic mass is 32.2. The lowest BCUT2D eigenvalue weighted by molar-refractivity contribution is 0.0696. The van der Waals surface area contributed by atoms with E-state index in [0.717, 1.165) is 18.2 Å². The average Bonchev–Trinajstić information content (AvgIpc) is 2.90. The number of nitrogens with one attached hydrogen (secondary N) is 1. The molecule has 0 spiro atoms. The Morgan fingerprint density at radius 3 is 2.71 bits per heavy atom. The van der Waals surface area contributed by atoms with Crippen LogP contribution < -0.4 is 4.72 Å². The van der Waals surface area contributed by atoms with Crippen LogP contribution in [0, 0.1) is 5.82 Å². The number of aryl methyl sites for hydroxylation is 1. The molecule has 0 aliphatic rings. The van der Waals surface area contributed by atoms with Gasteiger partial charge in [0.15, 0.2) is 5.03 Å². The van der Waals surface area contributed by atoms with Crippen LogP contribution in [0.1, 0.15) is 17.3 Å². The molecule has 9 heteroatoms. The molecule has 0 fully saturated rings. The minimum absolute atomic E-state index is 0.244. The Kier molecular flexibility index (Phi) is 3.94. The van der Waals surface area contributed by atoms with Gasteiger partial charge >= 0.3 is 5.97 Å². The third-order valence-electron chi connectivity index (χ3n) is 2.71. The number of carboxylic acid groups (broad SMARTS) is 1. The quantitative estimate of drug-likeness (QED) is 0.872. The normalized spacial score (nSPS) is 11.3. The summed E-state index contributed by atoms with van der Waals surface area (Å²) in [5.41, 5.74) is -0.614. The van der Waals surface area contributed by atoms with E-state index in [2.05, 4.69) is 4.98 Å². The van der Waals surface area contributed by atoms with Gasteiger partial charge in [0.05, 0.1) is 17.6 Å². The Balaban J connectivity index is 2.30. The fourth-order valence-electron chi connectivity index (χ4n) is 1.58. The molecule has 0 aliphatic heterocycles. The molecule has 0 aliphatic carbocycles. The lowest BCUT2D eigenvalue weighted by Crippen LogP contribution is -2.14. The number of carbonyl (C=O) groups is 1. The lowest BCUT2D eigenvalue weighted by Gasteiger charge is -2.07. The zero-order valence-corrected chi connectivity index (χ0v) is 11.8. The number of carboxylic acids is 1. The van der Waals surface area contributed by atoms with Gasteiger partial charge in [-0.1, -0.05) is 0 Å². The van der Waals surface area contributed by atoms with Crippen molar-refractivity contribution >= 4 is 21.7 Å². The maximum atomic E-state index is 13.7. The summed E-state index contributed by atoms with van der Waals surface area (Å²) < 4.78 is 41.4. The average molecular weight is 313 g/mol. The van der Waals surface area contributed by atoms with E-state index in [9.17, 15) is 17.6 Å². The number of halogens is 1. The minimum atomic E-state index is -4.03. The molecule has 7 nitrogen and oxygen atoms in total. The number of rotatable bonds is 5. The predicted molar refractivity (Wildman–Crippen MR) is 72.1 cm³/mol. The summed E-state index contributed by atoms with van der Waals surface area (Å²) in [5.74, 6) is -2.28. The molecule has 0 atom stereocenters. The molecule has 0 unspecified atom stereocenters. The van der Waals surface area contributed by atoms with Crippen molar-refractivity contribution in [2.75, 3.05) is 4.72 Å². The standard InChI is InChI=1S/C12H12FN3O4S/c1-2-16-6-11(14-7-16)21(19,20)15-10-4-3-8(12(17)18)5-9(10)13/h3-7,15H,2H2,1H3,(H,17,18). The Morgan fingerprint density at radius 1 is 1.48 bits per heavy atom. The monoisotopic (exact) mass is 313 g/mol. The maximum Gasteiger partial charge on any atom is 0.335 e. The topological polar surface area (TPSA) is 101 Å². The van der Waals surface area contributed by atoms with Crippen molar-refractivity contribution in [3.05, 3.63) is 42.1 Å². The van der Waals surface area contributed by atoms with E-state index >= 15 is 0 Å². The van der Waals surface area contributed by atoms with Crippen molar-refractivity contribution in [2.45, 2.75) is 18.5 Å². The number of aromatic nitrogens is 2. The van der Waals surface area contributed by atoms with Crippen LogP contribution in [0.15, 0.2) is 35.7 Å². The van der Waals surface area contributed by atoms with Crippen LogP contribution in [0.25, 0.3) is 0 Å². The van der Waals surface area contributed by atoms with E-state index in [0.29, 0.717) is 6.54 Å². The summed E-state index contributed by atoms with van der Waals surface area (Å²) in [4.78, 5) is 14.4. The summed E-state index contributed by atoms with van der Waals surface area (Å²) in [6.45, 7) is 2.36. The molecule has 0 radical (unpaired) electrons. The first kappa shape index (κ1) is 15.0. The van der Waals surface area contributed by atoms with Gasteiger partial charge in [0.25, 0.3) is 10.0 Å². The molecule has 0 amide bonds. The van der Waals surface area contributed by atoms with Crippen molar-refractivity contribution in [1.29, 1.82) is 0 Å². The molecule has 0 saturated heterocycles. The molecule has 0 saturated carbocycles. The Hall–Kier alpha value is -2.42. The van der Waals surface area contributed by atoms with E-state index in [1.165, 1.54) is 12.5 Å². The number of sulfonamides is 1. The van der Waals surface area contributed by atoms with Gasteiger partial charge in [0.1, 0.15) is 5.82 Å². The summed E-state index contributed by atoms with van der Waals surface area (Å²) in [6.07, 6.45) is 2.66. The van der Waals surface area contributed by atoms with Crippen molar-refractivity contribution in [3.63, 3.8) is 0 Å². The third kappa shape index (κ3) is 3.19.